The molecule has 1 nitrogen and oxygen atoms in total. The summed E-state index contributed by atoms with van der Waals surface area (Å²) >= 11 is 12.4. The van der Waals surface area contributed by atoms with Crippen molar-refractivity contribution in [3.63, 3.8) is 0 Å². The molecule has 3 rings (SSSR count). The first-order valence-electron chi connectivity index (χ1n) is 6.77. The van der Waals surface area contributed by atoms with Crippen LogP contribution in [0.3, 0.4) is 0 Å². The van der Waals surface area contributed by atoms with Crippen molar-refractivity contribution in [3.05, 3.63) is 74.3 Å². The van der Waals surface area contributed by atoms with Crippen LogP contribution < -0.4 is 0 Å². The molecule has 0 aromatic heterocycles. The zero-order valence-electron chi connectivity index (χ0n) is 11.8. The maximum Gasteiger partial charge on any atom is 0.186 e. The van der Waals surface area contributed by atoms with E-state index in [4.69, 9.17) is 23.2 Å². The van der Waals surface area contributed by atoms with Gasteiger partial charge in [-0.25, -0.2) is 0 Å². The van der Waals surface area contributed by atoms with Crippen LogP contribution >= 0.6 is 23.2 Å². The zero-order valence-corrected chi connectivity index (χ0v) is 13.3. The van der Waals surface area contributed by atoms with Crippen LogP contribution in [0.5, 0.6) is 0 Å². The number of rotatable bonds is 1. The van der Waals surface area contributed by atoms with Crippen molar-refractivity contribution in [1.29, 1.82) is 0 Å². The van der Waals surface area contributed by atoms with Crippen molar-refractivity contribution < 1.29 is 4.79 Å². The predicted molar refractivity (Wildman–Crippen MR) is 88.4 cm³/mol. The Balaban J connectivity index is 2.12. The minimum atomic E-state index is 0.0146. The Labute approximate surface area is 134 Å². The molecule has 2 aromatic carbocycles. The summed E-state index contributed by atoms with van der Waals surface area (Å²) in [6, 6.07) is 9.46. The Hall–Kier alpha value is -1.57. The number of allylic oxidation sites excluding steroid dienone is 2. The van der Waals surface area contributed by atoms with E-state index in [9.17, 15) is 4.79 Å². The molecule has 0 saturated carbocycles. The van der Waals surface area contributed by atoms with Gasteiger partial charge < -0.3 is 0 Å². The standard InChI is InChI=1S/C18H14Cl2O/c1-10-7-17(20)11(2)6-14(10)12-8-15-13(18(21)9-12)4-3-5-16(15)19/h3-7,9H,8H2,1-2H3. The molecular formula is C18H14Cl2O. The lowest BCUT2D eigenvalue weighted by Gasteiger charge is -2.19. The molecule has 0 fully saturated rings. The second-order valence-corrected chi connectivity index (χ2v) is 6.21. The van der Waals surface area contributed by atoms with E-state index in [0.717, 1.165) is 32.8 Å². The van der Waals surface area contributed by atoms with Crippen LogP contribution in [0.25, 0.3) is 5.57 Å². The van der Waals surface area contributed by atoms with Gasteiger partial charge in [0, 0.05) is 22.0 Å². The molecule has 0 N–H and O–H groups in total. The minimum absolute atomic E-state index is 0.0146. The normalized spacial score (nSPS) is 13.9. The van der Waals surface area contributed by atoms with Crippen molar-refractivity contribution in [2.45, 2.75) is 20.3 Å². The highest BCUT2D eigenvalue weighted by Crippen LogP contribution is 2.34. The third-order valence-corrected chi connectivity index (χ3v) is 4.67. The van der Waals surface area contributed by atoms with E-state index in [1.54, 1.807) is 6.08 Å². The van der Waals surface area contributed by atoms with Gasteiger partial charge in [0.25, 0.3) is 0 Å². The van der Waals surface area contributed by atoms with E-state index in [1.807, 2.05) is 44.2 Å². The van der Waals surface area contributed by atoms with E-state index < -0.39 is 0 Å². The molecule has 3 heteroatoms. The first-order chi connectivity index (χ1) is 9.97. The number of carbonyl (C=O) groups is 1. The Morgan fingerprint density at radius 3 is 2.48 bits per heavy atom. The summed E-state index contributed by atoms with van der Waals surface area (Å²) in [6.07, 6.45) is 2.39. The molecule has 0 aliphatic heterocycles. The molecule has 1 aliphatic rings. The summed E-state index contributed by atoms with van der Waals surface area (Å²) in [5.74, 6) is 0.0146. The number of halogens is 2. The Morgan fingerprint density at radius 1 is 0.952 bits per heavy atom. The fourth-order valence-electron chi connectivity index (χ4n) is 2.75. The van der Waals surface area contributed by atoms with Crippen LogP contribution in [0.4, 0.5) is 0 Å². The van der Waals surface area contributed by atoms with E-state index >= 15 is 0 Å². The maximum atomic E-state index is 12.3. The van der Waals surface area contributed by atoms with Crippen molar-refractivity contribution in [2.24, 2.45) is 0 Å². The quantitative estimate of drug-likeness (QED) is 0.685. The summed E-state index contributed by atoms with van der Waals surface area (Å²) in [4.78, 5) is 12.3. The van der Waals surface area contributed by atoms with Crippen molar-refractivity contribution in [2.75, 3.05) is 0 Å². The van der Waals surface area contributed by atoms with Gasteiger partial charge in [-0.05, 0) is 59.9 Å². The summed E-state index contributed by atoms with van der Waals surface area (Å²) in [5.41, 5.74) is 5.76. The molecule has 0 amide bonds. The van der Waals surface area contributed by atoms with Gasteiger partial charge >= 0.3 is 0 Å². The van der Waals surface area contributed by atoms with Crippen LogP contribution in [0, 0.1) is 13.8 Å². The van der Waals surface area contributed by atoms with Crippen molar-refractivity contribution in [1.82, 2.24) is 0 Å². The molecule has 0 heterocycles. The van der Waals surface area contributed by atoms with Crippen molar-refractivity contribution >= 4 is 34.6 Å². The summed E-state index contributed by atoms with van der Waals surface area (Å²) < 4.78 is 0. The summed E-state index contributed by atoms with van der Waals surface area (Å²) in [7, 11) is 0. The summed E-state index contributed by atoms with van der Waals surface area (Å²) in [6.45, 7) is 3.98. The van der Waals surface area contributed by atoms with Crippen LogP contribution in [0.2, 0.25) is 10.0 Å². The van der Waals surface area contributed by atoms with Gasteiger partial charge in [0.15, 0.2) is 5.78 Å². The molecule has 2 aromatic rings. The second kappa shape index (κ2) is 5.32. The molecule has 0 atom stereocenters. The van der Waals surface area contributed by atoms with Gasteiger partial charge in [-0.3, -0.25) is 4.79 Å². The van der Waals surface area contributed by atoms with Gasteiger partial charge in [0.05, 0.1) is 0 Å². The molecular weight excluding hydrogens is 303 g/mol. The van der Waals surface area contributed by atoms with Gasteiger partial charge in [0.1, 0.15) is 0 Å². The lowest BCUT2D eigenvalue weighted by Crippen LogP contribution is -2.10. The van der Waals surface area contributed by atoms with Gasteiger partial charge in [-0.2, -0.15) is 0 Å². The van der Waals surface area contributed by atoms with Gasteiger partial charge in [-0.15, -0.1) is 0 Å². The third kappa shape index (κ3) is 2.52. The van der Waals surface area contributed by atoms with Crippen LogP contribution in [-0.4, -0.2) is 5.78 Å². The Morgan fingerprint density at radius 2 is 1.71 bits per heavy atom. The fourth-order valence-corrected chi connectivity index (χ4v) is 3.21. The number of hydrogen-bond donors (Lipinski definition) is 0. The number of carbonyl (C=O) groups excluding carboxylic acids is 1. The highest BCUT2D eigenvalue weighted by atomic mass is 35.5. The largest absolute Gasteiger partial charge is 0.289 e. The highest BCUT2D eigenvalue weighted by Gasteiger charge is 2.21. The Kier molecular flexibility index (Phi) is 3.64. The molecule has 106 valence electrons. The summed E-state index contributed by atoms with van der Waals surface area (Å²) in [5, 5.41) is 1.40. The number of benzene rings is 2. The average Bonchev–Trinajstić information content (AvgIpc) is 2.44. The molecule has 1 aliphatic carbocycles. The maximum absolute atomic E-state index is 12.3. The first kappa shape index (κ1) is 14.4. The van der Waals surface area contributed by atoms with Gasteiger partial charge in [-0.1, -0.05) is 41.4 Å². The molecule has 0 unspecified atom stereocenters. The van der Waals surface area contributed by atoms with E-state index in [2.05, 4.69) is 0 Å². The molecule has 0 saturated heterocycles. The van der Waals surface area contributed by atoms with Crippen molar-refractivity contribution in [3.8, 4) is 0 Å². The zero-order chi connectivity index (χ0) is 15.1. The number of aryl methyl sites for hydroxylation is 2. The van der Waals surface area contributed by atoms with E-state index in [0.29, 0.717) is 17.0 Å². The monoisotopic (exact) mass is 316 g/mol. The number of hydrogen-bond acceptors (Lipinski definition) is 1. The predicted octanol–water partition coefficient (Wildman–Crippen LogP) is 5.43. The highest BCUT2D eigenvalue weighted by molar-refractivity contribution is 6.32. The SMILES string of the molecule is Cc1cc(C2=CC(=O)c3cccc(Cl)c3C2)c(C)cc1Cl. The van der Waals surface area contributed by atoms with Gasteiger partial charge in [0.2, 0.25) is 0 Å². The fraction of sp³-hybridized carbons (Fsp3) is 0.167. The molecule has 0 bridgehead atoms. The number of ketones is 1. The number of fused-ring (bicyclic) bond motifs is 1. The average molecular weight is 317 g/mol. The second-order valence-electron chi connectivity index (χ2n) is 5.39. The topological polar surface area (TPSA) is 17.1 Å². The molecule has 0 radical (unpaired) electrons. The lowest BCUT2D eigenvalue weighted by molar-refractivity contribution is 0.104. The van der Waals surface area contributed by atoms with Crippen LogP contribution in [0.1, 0.15) is 32.6 Å². The van der Waals surface area contributed by atoms with Crippen LogP contribution in [-0.2, 0) is 6.42 Å². The molecule has 21 heavy (non-hydrogen) atoms. The molecule has 0 spiro atoms. The van der Waals surface area contributed by atoms with Crippen LogP contribution in [0.15, 0.2) is 36.4 Å². The Bertz CT molecular complexity index is 788. The lowest BCUT2D eigenvalue weighted by atomic mass is 9.85. The van der Waals surface area contributed by atoms with E-state index in [-0.39, 0.29) is 5.78 Å². The third-order valence-electron chi connectivity index (χ3n) is 3.91. The smallest absolute Gasteiger partial charge is 0.186 e. The minimum Gasteiger partial charge on any atom is -0.289 e. The van der Waals surface area contributed by atoms with E-state index in [1.165, 1.54) is 0 Å². The first-order valence-corrected chi connectivity index (χ1v) is 7.52.